The minimum absolute atomic E-state index is 0.0821. The first kappa shape index (κ1) is 15.2. The fourth-order valence-corrected chi connectivity index (χ4v) is 3.12. The number of aryl methyl sites for hydroxylation is 2. The van der Waals surface area contributed by atoms with E-state index in [-0.39, 0.29) is 5.56 Å². The highest BCUT2D eigenvalue weighted by Crippen LogP contribution is 2.24. The minimum Gasteiger partial charge on any atom is -0.349 e. The molecule has 24 heavy (non-hydrogen) atoms. The molecule has 0 aliphatic rings. The molecule has 0 aliphatic carbocycles. The molecule has 0 saturated carbocycles. The normalized spacial score (nSPS) is 11.4. The van der Waals surface area contributed by atoms with Gasteiger partial charge in [0, 0.05) is 27.5 Å². The topological polar surface area (TPSA) is 50.7 Å². The Balaban J connectivity index is 1.71. The molecule has 2 aromatic carbocycles. The Hall–Kier alpha value is -2.30. The third-order valence-electron chi connectivity index (χ3n) is 4.09. The van der Waals surface area contributed by atoms with E-state index in [1.54, 1.807) is 17.0 Å². The number of rotatable bonds is 3. The van der Waals surface area contributed by atoms with Crippen molar-refractivity contribution in [3.8, 4) is 0 Å². The summed E-state index contributed by atoms with van der Waals surface area (Å²) < 4.78 is 1.62. The summed E-state index contributed by atoms with van der Waals surface area (Å²) in [4.78, 5) is 20.3. The van der Waals surface area contributed by atoms with Gasteiger partial charge in [0.25, 0.3) is 5.56 Å². The Morgan fingerprint density at radius 3 is 2.58 bits per heavy atom. The van der Waals surface area contributed by atoms with Crippen LogP contribution in [0.4, 0.5) is 0 Å². The van der Waals surface area contributed by atoms with Gasteiger partial charge in [-0.25, -0.2) is 4.98 Å². The van der Waals surface area contributed by atoms with Gasteiger partial charge in [0.05, 0.1) is 6.33 Å². The summed E-state index contributed by atoms with van der Waals surface area (Å²) in [7, 11) is 0. The van der Waals surface area contributed by atoms with E-state index in [0.29, 0.717) is 27.6 Å². The summed E-state index contributed by atoms with van der Waals surface area (Å²) in [6.07, 6.45) is 2.32. The van der Waals surface area contributed by atoms with E-state index in [2.05, 4.69) is 9.97 Å². The van der Waals surface area contributed by atoms with Crippen molar-refractivity contribution in [3.63, 3.8) is 0 Å². The van der Waals surface area contributed by atoms with Crippen LogP contribution in [-0.4, -0.2) is 14.5 Å². The van der Waals surface area contributed by atoms with Crippen molar-refractivity contribution in [2.45, 2.75) is 13.0 Å². The second kappa shape index (κ2) is 5.96. The van der Waals surface area contributed by atoms with Crippen LogP contribution in [0, 0.1) is 0 Å². The van der Waals surface area contributed by atoms with Crippen LogP contribution >= 0.6 is 23.2 Å². The van der Waals surface area contributed by atoms with E-state index in [4.69, 9.17) is 23.2 Å². The Bertz CT molecular complexity index is 1100. The van der Waals surface area contributed by atoms with Crippen LogP contribution in [0.5, 0.6) is 0 Å². The van der Waals surface area contributed by atoms with Gasteiger partial charge in [0.15, 0.2) is 0 Å². The van der Waals surface area contributed by atoms with Gasteiger partial charge in [-0.1, -0.05) is 35.3 Å². The lowest BCUT2D eigenvalue weighted by molar-refractivity contribution is 0.662. The van der Waals surface area contributed by atoms with Gasteiger partial charge in [-0.3, -0.25) is 9.36 Å². The van der Waals surface area contributed by atoms with Crippen LogP contribution in [0.3, 0.4) is 0 Å². The lowest BCUT2D eigenvalue weighted by Crippen LogP contribution is -2.21. The number of halogens is 2. The third-order valence-corrected chi connectivity index (χ3v) is 4.58. The molecule has 120 valence electrons. The van der Waals surface area contributed by atoms with Crippen molar-refractivity contribution in [3.05, 3.63) is 74.8 Å². The lowest BCUT2D eigenvalue weighted by atomic mass is 10.1. The Morgan fingerprint density at radius 1 is 1.04 bits per heavy atom. The number of hydrogen-bond donors (Lipinski definition) is 1. The van der Waals surface area contributed by atoms with E-state index in [1.807, 2.05) is 36.4 Å². The first-order chi connectivity index (χ1) is 11.6. The zero-order valence-corrected chi connectivity index (χ0v) is 14.1. The maximum atomic E-state index is 12.7. The zero-order chi connectivity index (χ0) is 16.7. The SMILES string of the molecule is O=c1c2[nH]c3ccc(Cl)cc3c2ncn1CCc1ccc(Cl)cc1. The van der Waals surface area contributed by atoms with Crippen LogP contribution in [0.1, 0.15) is 5.56 Å². The van der Waals surface area contributed by atoms with Crippen molar-refractivity contribution in [1.29, 1.82) is 0 Å². The van der Waals surface area contributed by atoms with Crippen molar-refractivity contribution in [2.24, 2.45) is 0 Å². The van der Waals surface area contributed by atoms with Gasteiger partial charge in [0.2, 0.25) is 0 Å². The van der Waals surface area contributed by atoms with Gasteiger partial charge >= 0.3 is 0 Å². The summed E-state index contributed by atoms with van der Waals surface area (Å²) in [5.74, 6) is 0. The second-order valence-corrected chi connectivity index (χ2v) is 6.53. The number of nitrogens with one attached hydrogen (secondary N) is 1. The average molecular weight is 358 g/mol. The summed E-state index contributed by atoms with van der Waals surface area (Å²) in [5, 5.41) is 2.19. The van der Waals surface area contributed by atoms with Crippen molar-refractivity contribution >= 4 is 45.1 Å². The van der Waals surface area contributed by atoms with Crippen LogP contribution in [0.2, 0.25) is 10.0 Å². The number of fused-ring (bicyclic) bond motifs is 3. The van der Waals surface area contributed by atoms with Crippen molar-refractivity contribution < 1.29 is 0 Å². The predicted molar refractivity (Wildman–Crippen MR) is 98.0 cm³/mol. The molecule has 4 nitrogen and oxygen atoms in total. The maximum Gasteiger partial charge on any atom is 0.277 e. The fraction of sp³-hybridized carbons (Fsp3) is 0.111. The molecule has 2 aromatic heterocycles. The summed E-state index contributed by atoms with van der Waals surface area (Å²) in [6, 6.07) is 13.1. The monoisotopic (exact) mass is 357 g/mol. The largest absolute Gasteiger partial charge is 0.349 e. The Morgan fingerprint density at radius 2 is 1.79 bits per heavy atom. The molecule has 0 fully saturated rings. The third kappa shape index (κ3) is 2.68. The van der Waals surface area contributed by atoms with E-state index >= 15 is 0 Å². The molecule has 0 amide bonds. The lowest BCUT2D eigenvalue weighted by Gasteiger charge is -2.05. The van der Waals surface area contributed by atoms with Gasteiger partial charge in [-0.15, -0.1) is 0 Å². The highest BCUT2D eigenvalue weighted by atomic mass is 35.5. The summed E-state index contributed by atoms with van der Waals surface area (Å²) >= 11 is 11.9. The highest BCUT2D eigenvalue weighted by molar-refractivity contribution is 6.31. The molecule has 0 bridgehead atoms. The molecule has 0 spiro atoms. The number of H-pyrrole nitrogens is 1. The number of aromatic nitrogens is 3. The summed E-state index contributed by atoms with van der Waals surface area (Å²) in [5.41, 5.74) is 3.05. The number of benzene rings is 2. The quantitative estimate of drug-likeness (QED) is 0.589. The van der Waals surface area contributed by atoms with E-state index < -0.39 is 0 Å². The van der Waals surface area contributed by atoms with E-state index in [0.717, 1.165) is 22.9 Å². The minimum atomic E-state index is -0.0821. The molecular weight excluding hydrogens is 345 g/mol. The molecule has 2 heterocycles. The molecule has 0 unspecified atom stereocenters. The first-order valence-electron chi connectivity index (χ1n) is 7.52. The standard InChI is InChI=1S/C18H13Cl2N3O/c19-12-3-1-11(2-4-12)7-8-23-10-21-16-14-9-13(20)5-6-15(14)22-17(16)18(23)24/h1-6,9-10,22H,7-8H2. The van der Waals surface area contributed by atoms with Crippen molar-refractivity contribution in [1.82, 2.24) is 14.5 Å². The molecule has 0 aliphatic heterocycles. The summed E-state index contributed by atoms with van der Waals surface area (Å²) in [6.45, 7) is 0.555. The van der Waals surface area contributed by atoms with Gasteiger partial charge in [0.1, 0.15) is 11.0 Å². The molecule has 1 N–H and O–H groups in total. The van der Waals surface area contributed by atoms with Crippen molar-refractivity contribution in [2.75, 3.05) is 0 Å². The molecule has 4 aromatic rings. The number of hydrogen-bond acceptors (Lipinski definition) is 2. The van der Waals surface area contributed by atoms with E-state index in [9.17, 15) is 4.79 Å². The highest BCUT2D eigenvalue weighted by Gasteiger charge is 2.11. The molecule has 6 heteroatoms. The van der Waals surface area contributed by atoms with Gasteiger partial charge < -0.3 is 4.98 Å². The molecule has 0 saturated heterocycles. The van der Waals surface area contributed by atoms with Gasteiger partial charge in [-0.05, 0) is 42.3 Å². The van der Waals surface area contributed by atoms with Crippen LogP contribution < -0.4 is 5.56 Å². The molecule has 0 radical (unpaired) electrons. The molecule has 4 rings (SSSR count). The average Bonchev–Trinajstić information content (AvgIpc) is 2.95. The second-order valence-electron chi connectivity index (χ2n) is 5.66. The fourth-order valence-electron chi connectivity index (χ4n) is 2.82. The Kier molecular flexibility index (Phi) is 3.79. The zero-order valence-electron chi connectivity index (χ0n) is 12.6. The van der Waals surface area contributed by atoms with Gasteiger partial charge in [-0.2, -0.15) is 0 Å². The van der Waals surface area contributed by atoms with E-state index in [1.165, 1.54) is 0 Å². The predicted octanol–water partition coefficient (Wildman–Crippen LogP) is 4.43. The van der Waals surface area contributed by atoms with Crippen LogP contribution in [0.15, 0.2) is 53.6 Å². The van der Waals surface area contributed by atoms with Crippen LogP contribution in [-0.2, 0) is 13.0 Å². The number of aromatic amines is 1. The molecular formula is C18H13Cl2N3O. The van der Waals surface area contributed by atoms with Crippen LogP contribution in [0.25, 0.3) is 21.9 Å². The molecule has 0 atom stereocenters. The smallest absolute Gasteiger partial charge is 0.277 e. The first-order valence-corrected chi connectivity index (χ1v) is 8.28. The Labute approximate surface area is 147 Å². The maximum absolute atomic E-state index is 12.7. The number of nitrogens with zero attached hydrogens (tertiary/aromatic N) is 2.